The van der Waals surface area contributed by atoms with Gasteiger partial charge in [-0.2, -0.15) is 0 Å². The lowest BCUT2D eigenvalue weighted by molar-refractivity contribution is 0.539. The molecule has 0 aromatic carbocycles. The van der Waals surface area contributed by atoms with Crippen LogP contribution in [0.15, 0.2) is 10.0 Å². The Labute approximate surface area is 186 Å². The van der Waals surface area contributed by atoms with E-state index in [2.05, 4.69) is 98.2 Å². The summed E-state index contributed by atoms with van der Waals surface area (Å²) < 4.78 is 20.9. The fraction of sp³-hybridized carbons (Fsp3) is 0.889. The standard InChI is InChI=1S/C18H50O3Si7/c1-23(2,3)19-26(10,11)17(16-22)18(27(12,13)20-24(4,5)6)28(14,15)21-25(7,8)9/h16H2,1-15,22H3. The highest BCUT2D eigenvalue weighted by molar-refractivity contribution is 7.07. The van der Waals surface area contributed by atoms with Crippen LogP contribution in [-0.4, -0.2) is 60.1 Å². The Morgan fingerprint density at radius 3 is 0.964 bits per heavy atom. The first kappa shape index (κ1) is 29.1. The third-order valence-electron chi connectivity index (χ3n) is 4.27. The lowest BCUT2D eigenvalue weighted by Crippen LogP contribution is -2.58. The average Bonchev–Trinajstić information content (AvgIpc) is 2.24. The largest absolute Gasteiger partial charge is 0.453 e. The Morgan fingerprint density at radius 1 is 0.500 bits per heavy atom. The molecule has 0 fully saturated rings. The van der Waals surface area contributed by atoms with E-state index < -0.39 is 49.9 Å². The van der Waals surface area contributed by atoms with Gasteiger partial charge in [-0.15, -0.1) is 0 Å². The lowest BCUT2D eigenvalue weighted by Gasteiger charge is -2.46. The van der Waals surface area contributed by atoms with E-state index in [-0.39, 0.29) is 0 Å². The lowest BCUT2D eigenvalue weighted by atomic mass is 10.7. The van der Waals surface area contributed by atoms with Gasteiger partial charge in [-0.25, -0.2) is 0 Å². The van der Waals surface area contributed by atoms with E-state index in [0.717, 1.165) is 10.2 Å². The Morgan fingerprint density at radius 2 is 0.750 bits per heavy atom. The molecule has 0 aromatic rings. The van der Waals surface area contributed by atoms with Gasteiger partial charge in [0.2, 0.25) is 8.32 Å². The van der Waals surface area contributed by atoms with Crippen LogP contribution in [0.4, 0.5) is 0 Å². The zero-order chi connectivity index (χ0) is 23.0. The summed E-state index contributed by atoms with van der Waals surface area (Å²) in [5.74, 6) is 0. The normalized spacial score (nSPS) is 15.1. The minimum Gasteiger partial charge on any atom is -0.453 e. The van der Waals surface area contributed by atoms with Crippen LogP contribution < -0.4 is 0 Å². The van der Waals surface area contributed by atoms with Gasteiger partial charge in [0.05, 0.1) is 0 Å². The van der Waals surface area contributed by atoms with Crippen LogP contribution in [-0.2, 0) is 12.3 Å². The number of rotatable bonds is 10. The van der Waals surface area contributed by atoms with Gasteiger partial charge in [0, 0.05) is 10.2 Å². The van der Waals surface area contributed by atoms with Gasteiger partial charge in [0.1, 0.15) is 0 Å². The van der Waals surface area contributed by atoms with E-state index in [4.69, 9.17) is 12.3 Å². The van der Waals surface area contributed by atoms with E-state index in [9.17, 15) is 0 Å². The van der Waals surface area contributed by atoms with E-state index in [1.807, 2.05) is 0 Å². The van der Waals surface area contributed by atoms with Crippen LogP contribution in [0.2, 0.25) is 104 Å². The predicted molar refractivity (Wildman–Crippen MR) is 148 cm³/mol. The molecule has 0 radical (unpaired) electrons. The predicted octanol–water partition coefficient (Wildman–Crippen LogP) is 5.85. The molecule has 3 nitrogen and oxygen atoms in total. The number of hydrogen-bond donors (Lipinski definition) is 0. The smallest absolute Gasteiger partial charge is 0.200 e. The summed E-state index contributed by atoms with van der Waals surface area (Å²) in [6, 6.07) is 1.19. The SMILES string of the molecule is C[Si](C)(C)O[Si](C)(C)C(C[SiH3])=C([Si](C)(C)O[Si](C)(C)C)[Si](C)(C)O[Si](C)(C)C. The third-order valence-corrected chi connectivity index (χ3v) is 28.3. The minimum absolute atomic E-state index is 1.16. The maximum Gasteiger partial charge on any atom is 0.200 e. The Kier molecular flexibility index (Phi) is 9.71. The molecule has 0 unspecified atom stereocenters. The summed E-state index contributed by atoms with van der Waals surface area (Å²) >= 11 is 0. The molecule has 0 heterocycles. The molecule has 168 valence electrons. The van der Waals surface area contributed by atoms with Crippen molar-refractivity contribution in [3.63, 3.8) is 0 Å². The van der Waals surface area contributed by atoms with Crippen LogP contribution in [0.3, 0.4) is 0 Å². The molecule has 0 N–H and O–H groups in total. The molecular weight excluding hydrogens is 461 g/mol. The molecule has 0 aliphatic carbocycles. The number of hydrogen-bond acceptors (Lipinski definition) is 3. The second kappa shape index (κ2) is 9.33. The van der Waals surface area contributed by atoms with E-state index in [1.54, 1.807) is 10.0 Å². The fourth-order valence-electron chi connectivity index (χ4n) is 4.82. The zero-order valence-electron chi connectivity index (χ0n) is 21.9. The molecule has 0 aromatic heterocycles. The molecule has 0 amide bonds. The summed E-state index contributed by atoms with van der Waals surface area (Å²) in [5, 5.41) is 1.64. The van der Waals surface area contributed by atoms with Gasteiger partial charge >= 0.3 is 0 Å². The van der Waals surface area contributed by atoms with Gasteiger partial charge in [-0.05, 0) is 109 Å². The van der Waals surface area contributed by atoms with Gasteiger partial charge in [-0.3, -0.25) is 0 Å². The Hall–Kier alpha value is 1.14. The van der Waals surface area contributed by atoms with Crippen molar-refractivity contribution in [2.24, 2.45) is 0 Å². The van der Waals surface area contributed by atoms with Crippen molar-refractivity contribution in [1.29, 1.82) is 0 Å². The van der Waals surface area contributed by atoms with Crippen molar-refractivity contribution in [1.82, 2.24) is 0 Å². The summed E-state index contributed by atoms with van der Waals surface area (Å²) in [5.41, 5.74) is 0. The molecule has 28 heavy (non-hydrogen) atoms. The monoisotopic (exact) mass is 510 g/mol. The minimum atomic E-state index is -2.08. The zero-order valence-corrected chi connectivity index (χ0v) is 29.9. The van der Waals surface area contributed by atoms with E-state index >= 15 is 0 Å². The van der Waals surface area contributed by atoms with Crippen molar-refractivity contribution in [3.05, 3.63) is 10.0 Å². The van der Waals surface area contributed by atoms with Crippen molar-refractivity contribution >= 4 is 60.1 Å². The topological polar surface area (TPSA) is 27.7 Å². The van der Waals surface area contributed by atoms with Gasteiger partial charge in [0.25, 0.3) is 0 Å². The highest BCUT2D eigenvalue weighted by Gasteiger charge is 2.49. The molecule has 0 saturated carbocycles. The number of allylic oxidation sites excluding steroid dienone is 1. The highest BCUT2D eigenvalue weighted by atomic mass is 28.5. The van der Waals surface area contributed by atoms with Crippen molar-refractivity contribution in [2.75, 3.05) is 0 Å². The van der Waals surface area contributed by atoms with Crippen molar-refractivity contribution in [3.8, 4) is 0 Å². The second-order valence-electron chi connectivity index (χ2n) is 12.4. The quantitative estimate of drug-likeness (QED) is 0.345. The molecule has 0 saturated heterocycles. The first-order valence-electron chi connectivity index (χ1n) is 10.8. The maximum absolute atomic E-state index is 6.98. The Bertz CT molecular complexity index is 535. The summed E-state index contributed by atoms with van der Waals surface area (Å²) in [4.78, 5) is 1.63. The van der Waals surface area contributed by atoms with Crippen LogP contribution in [0, 0.1) is 0 Å². The van der Waals surface area contributed by atoms with Crippen molar-refractivity contribution in [2.45, 2.75) is 104 Å². The van der Waals surface area contributed by atoms with Gasteiger partial charge < -0.3 is 12.3 Å². The van der Waals surface area contributed by atoms with E-state index in [1.165, 1.54) is 6.04 Å². The first-order valence-corrected chi connectivity index (χ1v) is 31.1. The Balaban J connectivity index is 6.83. The fourth-order valence-corrected chi connectivity index (χ4v) is 41.7. The summed E-state index contributed by atoms with van der Waals surface area (Å²) in [6.07, 6.45) is 0. The maximum atomic E-state index is 6.98. The summed E-state index contributed by atoms with van der Waals surface area (Å²) in [6.45, 7) is 35.5. The molecule has 0 rings (SSSR count). The second-order valence-corrected chi connectivity index (χ2v) is 39.4. The van der Waals surface area contributed by atoms with Crippen LogP contribution >= 0.6 is 0 Å². The molecule has 0 aliphatic rings. The van der Waals surface area contributed by atoms with Gasteiger partial charge in [-0.1, -0.05) is 5.20 Å². The molecule has 0 bridgehead atoms. The summed E-state index contributed by atoms with van der Waals surface area (Å²) in [7, 11) is -9.92. The molecule has 0 spiro atoms. The van der Waals surface area contributed by atoms with Crippen LogP contribution in [0.5, 0.6) is 0 Å². The molecule has 0 atom stereocenters. The average molecular weight is 511 g/mol. The van der Waals surface area contributed by atoms with Crippen LogP contribution in [0.25, 0.3) is 0 Å². The van der Waals surface area contributed by atoms with Gasteiger partial charge in [0.15, 0.2) is 41.6 Å². The van der Waals surface area contributed by atoms with E-state index in [0.29, 0.717) is 0 Å². The van der Waals surface area contributed by atoms with Crippen LogP contribution in [0.1, 0.15) is 0 Å². The molecule has 10 heteroatoms. The molecular formula is C18H50O3Si7. The molecule has 0 aliphatic heterocycles. The van der Waals surface area contributed by atoms with Crippen molar-refractivity contribution < 1.29 is 12.3 Å². The highest BCUT2D eigenvalue weighted by Crippen LogP contribution is 2.39. The third kappa shape index (κ3) is 9.96. The first-order chi connectivity index (χ1) is 11.9.